The first-order chi connectivity index (χ1) is 16.3. The summed E-state index contributed by atoms with van der Waals surface area (Å²) in [6.07, 6.45) is 6.04. The predicted molar refractivity (Wildman–Crippen MR) is 137 cm³/mol. The van der Waals surface area contributed by atoms with Gasteiger partial charge in [0.2, 0.25) is 0 Å². The highest BCUT2D eigenvalue weighted by molar-refractivity contribution is 6.38. The summed E-state index contributed by atoms with van der Waals surface area (Å²) in [6.45, 7) is 0. The molecule has 6 rings (SSSR count). The molecule has 0 aliphatic heterocycles. The summed E-state index contributed by atoms with van der Waals surface area (Å²) in [5.74, 6) is 0.0828. The first kappa shape index (κ1) is 19.3. The van der Waals surface area contributed by atoms with Crippen LogP contribution >= 0.6 is 0 Å². The van der Waals surface area contributed by atoms with Crippen LogP contribution in [-0.2, 0) is 4.79 Å². The van der Waals surface area contributed by atoms with E-state index in [4.69, 9.17) is 0 Å². The number of anilines is 3. The number of hydrogen-bond acceptors (Lipinski definition) is 2. The Kier molecular flexibility index (Phi) is 4.63. The molecule has 156 valence electrons. The normalized spacial score (nSPS) is 14.1. The number of hydrogen-bond donors (Lipinski definition) is 0. The van der Waals surface area contributed by atoms with Crippen LogP contribution in [0.25, 0.3) is 17.2 Å². The Bertz CT molecular complexity index is 1400. The van der Waals surface area contributed by atoms with Gasteiger partial charge in [-0.25, -0.2) is 0 Å². The lowest BCUT2D eigenvalue weighted by Gasteiger charge is -2.25. The number of nitrogens with zero attached hydrogens (tertiary/aromatic N) is 1. The van der Waals surface area contributed by atoms with Gasteiger partial charge in [0.05, 0.1) is 0 Å². The predicted octanol–water partition coefficient (Wildman–Crippen LogP) is 7.60. The maximum atomic E-state index is 13.3. The standard InChI is InChI=1S/C31H21NO/c33-31-28(19-20-29-27-14-8-7-9-23(27)21-30(29)31)22-15-17-26(18-16-22)32(24-10-3-1-4-11-24)25-12-5-2-6-13-25/h1-21H. The fourth-order valence-electron chi connectivity index (χ4n) is 4.62. The molecule has 0 spiro atoms. The molecule has 0 saturated carbocycles. The van der Waals surface area contributed by atoms with E-state index in [0.29, 0.717) is 0 Å². The van der Waals surface area contributed by atoms with Crippen molar-refractivity contribution in [3.05, 3.63) is 144 Å². The molecule has 0 saturated heterocycles. The van der Waals surface area contributed by atoms with Crippen molar-refractivity contribution in [2.24, 2.45) is 0 Å². The number of allylic oxidation sites excluding steroid dienone is 5. The molecule has 2 aliphatic carbocycles. The van der Waals surface area contributed by atoms with Crippen molar-refractivity contribution in [3.8, 4) is 0 Å². The lowest BCUT2D eigenvalue weighted by molar-refractivity contribution is -0.110. The van der Waals surface area contributed by atoms with Crippen molar-refractivity contribution in [3.63, 3.8) is 0 Å². The molecule has 0 atom stereocenters. The summed E-state index contributed by atoms with van der Waals surface area (Å²) >= 11 is 0. The number of carbonyl (C=O) groups is 1. The average molecular weight is 424 g/mol. The second kappa shape index (κ2) is 7.92. The molecular weight excluding hydrogens is 402 g/mol. The molecular formula is C31H21NO. The van der Waals surface area contributed by atoms with E-state index in [1.165, 1.54) is 0 Å². The molecule has 0 bridgehead atoms. The van der Waals surface area contributed by atoms with E-state index >= 15 is 0 Å². The Balaban J connectivity index is 1.36. The number of fused-ring (bicyclic) bond motifs is 3. The minimum atomic E-state index is 0.0828. The molecule has 2 nitrogen and oxygen atoms in total. The summed E-state index contributed by atoms with van der Waals surface area (Å²) < 4.78 is 0. The van der Waals surface area contributed by atoms with Gasteiger partial charge in [0.25, 0.3) is 0 Å². The molecule has 2 aliphatic rings. The van der Waals surface area contributed by atoms with Gasteiger partial charge in [-0.3, -0.25) is 4.79 Å². The molecule has 0 radical (unpaired) electrons. The summed E-state index contributed by atoms with van der Waals surface area (Å²) in [5.41, 5.74) is 8.93. The lowest BCUT2D eigenvalue weighted by Crippen LogP contribution is -2.11. The van der Waals surface area contributed by atoms with Crippen LogP contribution in [0.5, 0.6) is 0 Å². The van der Waals surface area contributed by atoms with Crippen molar-refractivity contribution in [1.82, 2.24) is 0 Å². The Labute approximate surface area is 193 Å². The topological polar surface area (TPSA) is 20.3 Å². The highest BCUT2D eigenvalue weighted by Crippen LogP contribution is 2.41. The van der Waals surface area contributed by atoms with Crippen molar-refractivity contribution in [2.45, 2.75) is 0 Å². The Morgan fingerprint density at radius 1 is 0.485 bits per heavy atom. The highest BCUT2D eigenvalue weighted by atomic mass is 16.1. The fourth-order valence-corrected chi connectivity index (χ4v) is 4.62. The van der Waals surface area contributed by atoms with Crippen LogP contribution in [0.4, 0.5) is 17.1 Å². The zero-order valence-corrected chi connectivity index (χ0v) is 18.0. The van der Waals surface area contributed by atoms with E-state index in [0.717, 1.165) is 50.5 Å². The van der Waals surface area contributed by atoms with Gasteiger partial charge in [0.15, 0.2) is 5.78 Å². The zero-order valence-electron chi connectivity index (χ0n) is 18.0. The first-order valence-electron chi connectivity index (χ1n) is 11.1. The van der Waals surface area contributed by atoms with E-state index in [-0.39, 0.29) is 5.78 Å². The molecule has 0 aromatic heterocycles. The number of para-hydroxylation sites is 2. The number of rotatable bonds is 4. The third-order valence-electron chi connectivity index (χ3n) is 6.21. The van der Waals surface area contributed by atoms with Crippen molar-refractivity contribution in [2.75, 3.05) is 4.90 Å². The second-order valence-electron chi connectivity index (χ2n) is 8.19. The van der Waals surface area contributed by atoms with Crippen LogP contribution in [-0.4, -0.2) is 5.78 Å². The third-order valence-corrected chi connectivity index (χ3v) is 6.21. The van der Waals surface area contributed by atoms with Gasteiger partial charge in [-0.05, 0) is 70.8 Å². The van der Waals surface area contributed by atoms with Gasteiger partial charge in [0, 0.05) is 28.2 Å². The zero-order chi connectivity index (χ0) is 22.2. The van der Waals surface area contributed by atoms with Gasteiger partial charge in [-0.2, -0.15) is 0 Å². The average Bonchev–Trinajstić information content (AvgIpc) is 3.26. The summed E-state index contributed by atoms with van der Waals surface area (Å²) in [4.78, 5) is 15.6. The van der Waals surface area contributed by atoms with E-state index in [2.05, 4.69) is 59.5 Å². The maximum absolute atomic E-state index is 13.3. The van der Waals surface area contributed by atoms with Crippen LogP contribution in [0.3, 0.4) is 0 Å². The van der Waals surface area contributed by atoms with E-state index in [1.54, 1.807) is 0 Å². The number of carbonyl (C=O) groups excluding carboxylic acids is 1. The van der Waals surface area contributed by atoms with Gasteiger partial charge < -0.3 is 4.90 Å². The van der Waals surface area contributed by atoms with E-state index < -0.39 is 0 Å². The largest absolute Gasteiger partial charge is 0.311 e. The minimum absolute atomic E-state index is 0.0828. The number of ketones is 1. The summed E-state index contributed by atoms with van der Waals surface area (Å²) in [6, 6.07) is 37.0. The molecule has 0 N–H and O–H groups in total. The minimum Gasteiger partial charge on any atom is -0.311 e. The first-order valence-corrected chi connectivity index (χ1v) is 11.1. The Morgan fingerprint density at radius 2 is 1.03 bits per heavy atom. The molecule has 4 aromatic rings. The fraction of sp³-hybridized carbons (Fsp3) is 0. The van der Waals surface area contributed by atoms with Gasteiger partial charge in [-0.1, -0.05) is 78.9 Å². The highest BCUT2D eigenvalue weighted by Gasteiger charge is 2.28. The SMILES string of the molecule is O=C1C2=Cc3ccccc3C2=CC=C1c1ccc(N(c2ccccc2)c2ccccc2)cc1. The van der Waals surface area contributed by atoms with Crippen LogP contribution in [0.1, 0.15) is 16.7 Å². The quantitative estimate of drug-likeness (QED) is 0.337. The van der Waals surface area contributed by atoms with E-state index in [1.807, 2.05) is 72.8 Å². The maximum Gasteiger partial charge on any atom is 0.194 e. The van der Waals surface area contributed by atoms with Gasteiger partial charge in [0.1, 0.15) is 0 Å². The van der Waals surface area contributed by atoms with Crippen LogP contribution in [0.15, 0.2) is 127 Å². The number of benzene rings is 4. The monoisotopic (exact) mass is 423 g/mol. The molecule has 4 aromatic carbocycles. The molecule has 0 unspecified atom stereocenters. The lowest BCUT2D eigenvalue weighted by atomic mass is 9.88. The van der Waals surface area contributed by atoms with Crippen molar-refractivity contribution < 1.29 is 4.79 Å². The molecule has 2 heteroatoms. The van der Waals surface area contributed by atoms with Crippen LogP contribution in [0.2, 0.25) is 0 Å². The van der Waals surface area contributed by atoms with E-state index in [9.17, 15) is 4.79 Å². The van der Waals surface area contributed by atoms with Crippen molar-refractivity contribution >= 4 is 40.1 Å². The molecule has 0 heterocycles. The Hall–Kier alpha value is -4.43. The Morgan fingerprint density at radius 3 is 1.70 bits per heavy atom. The summed E-state index contributed by atoms with van der Waals surface area (Å²) in [5, 5.41) is 0. The number of Topliss-reactive ketones (excluding diaryl/α,β-unsaturated/α-hetero) is 1. The van der Waals surface area contributed by atoms with Gasteiger partial charge >= 0.3 is 0 Å². The van der Waals surface area contributed by atoms with Gasteiger partial charge in [-0.15, -0.1) is 0 Å². The second-order valence-corrected chi connectivity index (χ2v) is 8.19. The molecule has 33 heavy (non-hydrogen) atoms. The smallest absolute Gasteiger partial charge is 0.194 e. The van der Waals surface area contributed by atoms with Crippen LogP contribution in [0, 0.1) is 0 Å². The molecule has 0 fully saturated rings. The van der Waals surface area contributed by atoms with Crippen LogP contribution < -0.4 is 4.90 Å². The third kappa shape index (κ3) is 3.33. The van der Waals surface area contributed by atoms with Crippen molar-refractivity contribution in [1.29, 1.82) is 0 Å². The molecule has 0 amide bonds. The summed E-state index contributed by atoms with van der Waals surface area (Å²) in [7, 11) is 0.